The monoisotopic (exact) mass is 670 g/mol. The van der Waals surface area contributed by atoms with Gasteiger partial charge < -0.3 is 15.0 Å². The van der Waals surface area contributed by atoms with Crippen molar-refractivity contribution in [2.45, 2.75) is 111 Å². The van der Waals surface area contributed by atoms with E-state index in [1.165, 1.54) is 79.6 Å². The SMILES string of the molecule is C=C.C=C(Cc1cc(C)ccc1CC)Nc1ccccn1.C=C1N(C(C)C)C(C)CN(C)C12CCCCCC2.C=O.Cc1cccc(F)c1. The van der Waals surface area contributed by atoms with Crippen LogP contribution in [-0.4, -0.2) is 52.8 Å². The van der Waals surface area contributed by atoms with E-state index in [-0.39, 0.29) is 11.4 Å². The van der Waals surface area contributed by atoms with Gasteiger partial charge in [0.15, 0.2) is 0 Å². The maximum absolute atomic E-state index is 12.2. The Morgan fingerprint density at radius 2 is 1.59 bits per heavy atom. The summed E-state index contributed by atoms with van der Waals surface area (Å²) in [6, 6.07) is 20.1. The minimum Gasteiger partial charge on any atom is -0.367 e. The minimum atomic E-state index is -0.162. The number of allylic oxidation sites excluding steroid dienone is 1. The Balaban J connectivity index is 0.000000372. The molecule has 268 valence electrons. The molecule has 5 rings (SSSR count). The molecule has 1 aliphatic heterocycles. The Kier molecular flexibility index (Phi) is 19.8. The van der Waals surface area contributed by atoms with E-state index in [9.17, 15) is 4.39 Å². The number of nitrogens with one attached hydrogen (secondary N) is 1. The van der Waals surface area contributed by atoms with Gasteiger partial charge in [0.05, 0.1) is 5.54 Å². The zero-order valence-electron chi connectivity index (χ0n) is 31.5. The number of likely N-dealkylation sites (N-methyl/N-ethyl adjacent to an activating group) is 1. The lowest BCUT2D eigenvalue weighted by atomic mass is 9.81. The zero-order chi connectivity index (χ0) is 37.0. The number of carbonyl (C=O) groups excluding carboxylic acids is 1. The molecule has 6 heteroatoms. The van der Waals surface area contributed by atoms with Gasteiger partial charge in [-0.3, -0.25) is 4.90 Å². The predicted molar refractivity (Wildman–Crippen MR) is 209 cm³/mol. The van der Waals surface area contributed by atoms with Crippen molar-refractivity contribution in [1.82, 2.24) is 14.8 Å². The first kappa shape index (κ1) is 43.0. The van der Waals surface area contributed by atoms with Gasteiger partial charge in [-0.2, -0.15) is 0 Å². The van der Waals surface area contributed by atoms with Crippen LogP contribution in [0.2, 0.25) is 0 Å². The highest BCUT2D eigenvalue weighted by atomic mass is 19.1. The molecule has 1 aliphatic carbocycles. The van der Waals surface area contributed by atoms with E-state index in [1.54, 1.807) is 12.3 Å². The summed E-state index contributed by atoms with van der Waals surface area (Å²) >= 11 is 0. The van der Waals surface area contributed by atoms with Crippen LogP contribution in [0.1, 0.15) is 88.5 Å². The third-order valence-corrected chi connectivity index (χ3v) is 9.18. The molecule has 2 aliphatic rings. The van der Waals surface area contributed by atoms with Gasteiger partial charge in [0.1, 0.15) is 18.4 Å². The standard InChI is InChI=1S/C17H20N2.C16H30N2.C7H7F.C2H4.CH2O/c1-4-15-9-8-13(2)11-16(15)12-14(3)19-17-7-5-6-10-18-17;1-13(2)18-14(3)12-17(5)16(15(18)4)10-8-6-7-9-11-16;1-6-3-2-4-7(8)5-6;2*1-2/h5-11H,3-4,12H2,1-2H3,(H,18,19);13-14H,4,6-12H2,1-3,5H3;2-5H,1H3;1-2H2;1H2. The summed E-state index contributed by atoms with van der Waals surface area (Å²) in [5.41, 5.74) is 7.60. The van der Waals surface area contributed by atoms with Crippen LogP contribution >= 0.6 is 0 Å². The number of pyridine rings is 1. The fourth-order valence-electron chi connectivity index (χ4n) is 6.95. The first-order chi connectivity index (χ1) is 23.5. The van der Waals surface area contributed by atoms with Crippen LogP contribution in [0.3, 0.4) is 0 Å². The lowest BCUT2D eigenvalue weighted by Crippen LogP contribution is -2.63. The van der Waals surface area contributed by atoms with E-state index in [0.29, 0.717) is 12.1 Å². The summed E-state index contributed by atoms with van der Waals surface area (Å²) in [5.74, 6) is 0.684. The number of carbonyl (C=O) groups is 1. The lowest BCUT2D eigenvalue weighted by Gasteiger charge is -2.56. The van der Waals surface area contributed by atoms with E-state index in [2.05, 4.69) is 106 Å². The molecule has 1 N–H and O–H groups in total. The van der Waals surface area contributed by atoms with Gasteiger partial charge in [-0.25, -0.2) is 9.37 Å². The average Bonchev–Trinajstić information content (AvgIpc) is 3.34. The molecule has 49 heavy (non-hydrogen) atoms. The summed E-state index contributed by atoms with van der Waals surface area (Å²) in [6.45, 7) is 30.9. The third-order valence-electron chi connectivity index (χ3n) is 9.18. The number of aryl methyl sites for hydroxylation is 3. The van der Waals surface area contributed by atoms with Crippen LogP contribution in [0, 0.1) is 19.7 Å². The van der Waals surface area contributed by atoms with Crippen molar-refractivity contribution in [3.8, 4) is 0 Å². The van der Waals surface area contributed by atoms with Gasteiger partial charge in [0.2, 0.25) is 0 Å². The van der Waals surface area contributed by atoms with Gasteiger partial charge in [-0.1, -0.05) is 87.7 Å². The van der Waals surface area contributed by atoms with E-state index in [1.807, 2.05) is 38.0 Å². The Labute approximate surface area is 298 Å². The maximum atomic E-state index is 12.2. The topological polar surface area (TPSA) is 48.5 Å². The molecule has 1 atom stereocenters. The number of nitrogens with zero attached hydrogens (tertiary/aromatic N) is 3. The number of anilines is 1. The lowest BCUT2D eigenvalue weighted by molar-refractivity contribution is -0.0980. The molecule has 2 fully saturated rings. The van der Waals surface area contributed by atoms with E-state index >= 15 is 0 Å². The summed E-state index contributed by atoms with van der Waals surface area (Å²) in [7, 11) is 2.31. The van der Waals surface area contributed by atoms with Gasteiger partial charge in [-0.15, -0.1) is 13.2 Å². The summed E-state index contributed by atoms with van der Waals surface area (Å²) in [5, 5.41) is 3.26. The molecular formula is C43H63FN4O. The zero-order valence-corrected chi connectivity index (χ0v) is 31.5. The van der Waals surface area contributed by atoms with E-state index in [4.69, 9.17) is 4.79 Å². The molecule has 0 amide bonds. The second-order valence-corrected chi connectivity index (χ2v) is 13.2. The van der Waals surface area contributed by atoms with Crippen LogP contribution in [-0.2, 0) is 17.6 Å². The fraction of sp³-hybridized carbons (Fsp3) is 0.442. The molecule has 1 aromatic heterocycles. The van der Waals surface area contributed by atoms with Gasteiger partial charge >= 0.3 is 0 Å². The second kappa shape index (κ2) is 22.6. The summed E-state index contributed by atoms with van der Waals surface area (Å²) in [6.07, 6.45) is 11.8. The molecule has 2 heterocycles. The number of piperazine rings is 1. The first-order valence-electron chi connectivity index (χ1n) is 17.6. The number of benzene rings is 2. The van der Waals surface area contributed by atoms with Crippen molar-refractivity contribution < 1.29 is 9.18 Å². The third kappa shape index (κ3) is 13.4. The smallest absolute Gasteiger partial charge is 0.130 e. The molecule has 3 aromatic rings. The number of hydrogen-bond donors (Lipinski definition) is 1. The van der Waals surface area contributed by atoms with Crippen LogP contribution in [0.25, 0.3) is 0 Å². The highest BCUT2D eigenvalue weighted by Crippen LogP contribution is 2.42. The maximum Gasteiger partial charge on any atom is 0.130 e. The van der Waals surface area contributed by atoms with Crippen LogP contribution in [0.15, 0.2) is 105 Å². The highest BCUT2D eigenvalue weighted by molar-refractivity contribution is 5.43. The molecule has 2 aromatic carbocycles. The van der Waals surface area contributed by atoms with Crippen LogP contribution in [0.4, 0.5) is 10.2 Å². The second-order valence-electron chi connectivity index (χ2n) is 13.2. The normalized spacial score (nSPS) is 16.6. The Morgan fingerprint density at radius 3 is 2.10 bits per heavy atom. The van der Waals surface area contributed by atoms with Gasteiger partial charge in [0.25, 0.3) is 0 Å². The molecule has 1 spiro atoms. The molecule has 5 nitrogen and oxygen atoms in total. The van der Waals surface area contributed by atoms with Crippen molar-refractivity contribution in [3.05, 3.63) is 133 Å². The van der Waals surface area contributed by atoms with Crippen molar-refractivity contribution in [2.24, 2.45) is 0 Å². The van der Waals surface area contributed by atoms with Crippen molar-refractivity contribution in [2.75, 3.05) is 18.9 Å². The summed E-state index contributed by atoms with van der Waals surface area (Å²) < 4.78 is 12.2. The van der Waals surface area contributed by atoms with Crippen molar-refractivity contribution in [3.63, 3.8) is 0 Å². The van der Waals surface area contributed by atoms with Crippen molar-refractivity contribution in [1.29, 1.82) is 0 Å². The van der Waals surface area contributed by atoms with Crippen LogP contribution < -0.4 is 5.32 Å². The highest BCUT2D eigenvalue weighted by Gasteiger charge is 2.45. The van der Waals surface area contributed by atoms with E-state index < -0.39 is 0 Å². The predicted octanol–water partition coefficient (Wildman–Crippen LogP) is 10.5. The fourth-order valence-corrected chi connectivity index (χ4v) is 6.95. The number of hydrogen-bond acceptors (Lipinski definition) is 5. The van der Waals surface area contributed by atoms with Gasteiger partial charge in [-0.05, 0) is 102 Å². The molecule has 0 radical (unpaired) electrons. The number of halogens is 1. The Morgan fingerprint density at radius 1 is 0.959 bits per heavy atom. The molecule has 1 unspecified atom stereocenters. The van der Waals surface area contributed by atoms with Crippen molar-refractivity contribution >= 4 is 12.6 Å². The molecule has 1 saturated heterocycles. The summed E-state index contributed by atoms with van der Waals surface area (Å²) in [4.78, 5) is 17.4. The largest absolute Gasteiger partial charge is 0.367 e. The molecule has 1 saturated carbocycles. The minimum absolute atomic E-state index is 0.162. The van der Waals surface area contributed by atoms with Gasteiger partial charge in [0, 0.05) is 42.6 Å². The quantitative estimate of drug-likeness (QED) is 0.265. The number of aromatic nitrogens is 1. The average molecular weight is 671 g/mol. The number of rotatable bonds is 6. The van der Waals surface area contributed by atoms with E-state index in [0.717, 1.165) is 29.9 Å². The van der Waals surface area contributed by atoms with Crippen LogP contribution in [0.5, 0.6) is 0 Å². The first-order valence-corrected chi connectivity index (χ1v) is 17.6. The molecular weight excluding hydrogens is 607 g/mol. The molecule has 0 bridgehead atoms. The Bertz CT molecular complexity index is 1380. The Hall–Kier alpha value is -4.03.